The number of urea groups is 1. The Kier molecular flexibility index (Phi) is 8.66. The summed E-state index contributed by atoms with van der Waals surface area (Å²) in [6.45, 7) is 21.4. The molecule has 0 spiro atoms. The van der Waals surface area contributed by atoms with Crippen molar-refractivity contribution in [3.05, 3.63) is 53.6 Å². The normalized spacial score (nSPS) is 40.1. The molecule has 1 aromatic rings. The number of carbonyl (C=O) groups excluding carboxylic acids is 2. The number of likely N-dealkylation sites (tertiary alicyclic amines) is 1. The van der Waals surface area contributed by atoms with Crippen LogP contribution in [0, 0.1) is 51.2 Å². The minimum atomic E-state index is -0.880. The lowest BCUT2D eigenvalue weighted by molar-refractivity contribution is -0.218. The van der Waals surface area contributed by atoms with Gasteiger partial charge >= 0.3 is 12.0 Å². The standard InChI is InChI=1S/C43H61N3O4/c1-27(2)30-16-21-43(45-38(50)44-24-26-46-25-8-9-35(46)47)23-22-41(6)32(36(30)43)14-15-34-40(5)19-17-31(28-10-12-29(13-11-28)37(48)49)39(3,4)33(40)18-20-42(34,41)7/h10-13,17,30,32-34,36H,1,8-9,14-16,18-26H2,2-7H3,(H,48,49)(H2,44,45,50)/t30-,32+,33-,34+,36+,40-,41+,42+,43-/m0/s1. The molecular formula is C43H61N3O4. The number of carbonyl (C=O) groups is 3. The summed E-state index contributed by atoms with van der Waals surface area (Å²) >= 11 is 0. The van der Waals surface area contributed by atoms with Gasteiger partial charge in [-0.3, -0.25) is 4.79 Å². The van der Waals surface area contributed by atoms with Crippen molar-refractivity contribution < 1.29 is 19.5 Å². The number of fused-ring (bicyclic) bond motifs is 7. The first-order chi connectivity index (χ1) is 23.6. The Morgan fingerprint density at radius 1 is 0.940 bits per heavy atom. The van der Waals surface area contributed by atoms with Gasteiger partial charge in [-0.15, -0.1) is 0 Å². The average Bonchev–Trinajstić information content (AvgIpc) is 3.64. The number of allylic oxidation sites excluding steroid dienone is 3. The van der Waals surface area contributed by atoms with Crippen LogP contribution in [0.15, 0.2) is 42.5 Å². The predicted octanol–water partition coefficient (Wildman–Crippen LogP) is 8.71. The Hall–Kier alpha value is -3.09. The van der Waals surface area contributed by atoms with Gasteiger partial charge in [-0.05, 0) is 146 Å². The maximum atomic E-state index is 13.6. The number of amides is 3. The third-order valence-corrected chi connectivity index (χ3v) is 16.3. The summed E-state index contributed by atoms with van der Waals surface area (Å²) < 4.78 is 0. The zero-order valence-electron chi connectivity index (χ0n) is 31.5. The molecule has 0 aromatic heterocycles. The van der Waals surface area contributed by atoms with Crippen LogP contribution in [0.4, 0.5) is 4.79 Å². The Labute approximate surface area is 300 Å². The lowest BCUT2D eigenvalue weighted by Crippen LogP contribution is -2.68. The fourth-order valence-electron chi connectivity index (χ4n) is 13.8. The van der Waals surface area contributed by atoms with Crippen molar-refractivity contribution in [3.63, 3.8) is 0 Å². The van der Waals surface area contributed by atoms with E-state index in [0.29, 0.717) is 54.7 Å². The molecule has 4 saturated carbocycles. The second kappa shape index (κ2) is 12.3. The van der Waals surface area contributed by atoms with Gasteiger partial charge in [-0.25, -0.2) is 9.59 Å². The number of rotatable bonds is 7. The van der Waals surface area contributed by atoms with Crippen LogP contribution in [0.5, 0.6) is 0 Å². The number of nitrogens with zero attached hydrogens (tertiary/aromatic N) is 1. The summed E-state index contributed by atoms with van der Waals surface area (Å²) in [7, 11) is 0. The lowest BCUT2D eigenvalue weighted by atomic mass is 9.33. The van der Waals surface area contributed by atoms with Crippen molar-refractivity contribution in [2.24, 2.45) is 51.2 Å². The van der Waals surface area contributed by atoms with Gasteiger partial charge < -0.3 is 20.6 Å². The zero-order chi connectivity index (χ0) is 35.9. The predicted molar refractivity (Wildman–Crippen MR) is 198 cm³/mol. The van der Waals surface area contributed by atoms with Crippen LogP contribution in [0.1, 0.15) is 128 Å². The van der Waals surface area contributed by atoms with Crippen molar-refractivity contribution in [3.8, 4) is 0 Å². The third-order valence-electron chi connectivity index (χ3n) is 16.3. The molecule has 7 rings (SSSR count). The summed E-state index contributed by atoms with van der Waals surface area (Å²) in [5, 5.41) is 16.2. The van der Waals surface area contributed by atoms with Crippen molar-refractivity contribution in [1.82, 2.24) is 15.5 Å². The largest absolute Gasteiger partial charge is 0.478 e. The van der Waals surface area contributed by atoms with E-state index in [1.54, 1.807) is 12.1 Å². The first kappa shape index (κ1) is 35.3. The van der Waals surface area contributed by atoms with E-state index in [2.05, 4.69) is 64.8 Å². The van der Waals surface area contributed by atoms with E-state index in [1.165, 1.54) is 36.8 Å². The van der Waals surface area contributed by atoms with Gasteiger partial charge in [0.25, 0.3) is 0 Å². The fraction of sp³-hybridized carbons (Fsp3) is 0.698. The molecular weight excluding hydrogens is 622 g/mol. The number of carboxylic acid groups (broad SMARTS) is 1. The molecule has 0 unspecified atom stereocenters. The third kappa shape index (κ3) is 5.21. The molecule has 1 aliphatic heterocycles. The molecule has 5 aliphatic carbocycles. The van der Waals surface area contributed by atoms with Gasteiger partial charge in [-0.1, -0.05) is 65.0 Å². The van der Waals surface area contributed by atoms with Gasteiger partial charge in [0.15, 0.2) is 0 Å². The number of benzene rings is 1. The Balaban J connectivity index is 1.14. The van der Waals surface area contributed by atoms with Gasteiger partial charge in [-0.2, -0.15) is 0 Å². The van der Waals surface area contributed by atoms with Crippen molar-refractivity contribution >= 4 is 23.5 Å². The molecule has 1 heterocycles. The summed E-state index contributed by atoms with van der Waals surface area (Å²) in [6, 6.07) is 7.44. The molecule has 3 amide bonds. The van der Waals surface area contributed by atoms with E-state index >= 15 is 0 Å². The van der Waals surface area contributed by atoms with Crippen LogP contribution >= 0.6 is 0 Å². The van der Waals surface area contributed by atoms with E-state index < -0.39 is 5.97 Å². The zero-order valence-corrected chi connectivity index (χ0v) is 31.5. The Bertz CT molecular complexity index is 1600. The lowest BCUT2D eigenvalue weighted by Gasteiger charge is -2.72. The van der Waals surface area contributed by atoms with Crippen LogP contribution in [-0.4, -0.2) is 53.1 Å². The Morgan fingerprint density at radius 3 is 2.34 bits per heavy atom. The maximum absolute atomic E-state index is 13.6. The monoisotopic (exact) mass is 683 g/mol. The summed E-state index contributed by atoms with van der Waals surface area (Å²) in [4.78, 5) is 39.1. The first-order valence-corrected chi connectivity index (χ1v) is 19.6. The van der Waals surface area contributed by atoms with E-state index in [1.807, 2.05) is 17.0 Å². The summed E-state index contributed by atoms with van der Waals surface area (Å²) in [5.74, 6) is 1.81. The highest BCUT2D eigenvalue weighted by Gasteiger charge is 2.70. The highest BCUT2D eigenvalue weighted by Crippen LogP contribution is 2.76. The minimum Gasteiger partial charge on any atom is -0.478 e. The second-order valence-electron chi connectivity index (χ2n) is 18.6. The molecule has 0 radical (unpaired) electrons. The average molecular weight is 684 g/mol. The highest BCUT2D eigenvalue weighted by atomic mass is 16.4. The smallest absolute Gasteiger partial charge is 0.335 e. The second-order valence-corrected chi connectivity index (χ2v) is 18.6. The molecule has 5 fully saturated rings. The molecule has 272 valence electrons. The molecule has 50 heavy (non-hydrogen) atoms. The molecule has 3 N–H and O–H groups in total. The highest BCUT2D eigenvalue weighted by molar-refractivity contribution is 5.88. The van der Waals surface area contributed by atoms with E-state index in [-0.39, 0.29) is 39.1 Å². The van der Waals surface area contributed by atoms with Gasteiger partial charge in [0, 0.05) is 31.6 Å². The van der Waals surface area contributed by atoms with Gasteiger partial charge in [0.2, 0.25) is 5.91 Å². The molecule has 1 saturated heterocycles. The minimum absolute atomic E-state index is 0.0195. The molecule has 0 bridgehead atoms. The van der Waals surface area contributed by atoms with E-state index in [9.17, 15) is 19.5 Å². The molecule has 6 aliphatic rings. The SMILES string of the molecule is C=C(C)[C@@H]1CC[C@]2(NC(=O)NCCN3CCCC3=O)CC[C@]3(C)[C@H](CC[C@@H]4[C@@]5(C)CC=C(c6ccc(C(=O)O)cc6)C(C)(C)[C@@H]5CC[C@]43C)[C@@H]12. The number of hydrogen-bond acceptors (Lipinski definition) is 3. The Morgan fingerprint density at radius 2 is 1.68 bits per heavy atom. The van der Waals surface area contributed by atoms with Crippen LogP contribution in [0.25, 0.3) is 5.57 Å². The summed E-state index contributed by atoms with van der Waals surface area (Å²) in [5.41, 5.74) is 4.45. The molecule has 1 aromatic carbocycles. The molecule has 7 nitrogen and oxygen atoms in total. The molecule has 7 heteroatoms. The van der Waals surface area contributed by atoms with E-state index in [0.717, 1.165) is 50.6 Å². The van der Waals surface area contributed by atoms with Crippen LogP contribution in [0.3, 0.4) is 0 Å². The molecule has 9 atom stereocenters. The van der Waals surface area contributed by atoms with Crippen LogP contribution < -0.4 is 10.6 Å². The quantitative estimate of drug-likeness (QED) is 0.251. The van der Waals surface area contributed by atoms with Crippen LogP contribution in [-0.2, 0) is 4.79 Å². The number of carboxylic acids is 1. The number of nitrogens with one attached hydrogen (secondary N) is 2. The maximum Gasteiger partial charge on any atom is 0.335 e. The summed E-state index contributed by atoms with van der Waals surface area (Å²) in [6.07, 6.45) is 14.2. The topological polar surface area (TPSA) is 98.7 Å². The van der Waals surface area contributed by atoms with Crippen molar-refractivity contribution in [2.75, 3.05) is 19.6 Å². The van der Waals surface area contributed by atoms with Crippen molar-refractivity contribution in [2.45, 2.75) is 118 Å². The van der Waals surface area contributed by atoms with Crippen molar-refractivity contribution in [1.29, 1.82) is 0 Å². The van der Waals surface area contributed by atoms with Gasteiger partial charge in [0.1, 0.15) is 0 Å². The van der Waals surface area contributed by atoms with Crippen LogP contribution in [0.2, 0.25) is 0 Å². The van der Waals surface area contributed by atoms with Gasteiger partial charge in [0.05, 0.1) is 5.56 Å². The van der Waals surface area contributed by atoms with E-state index in [4.69, 9.17) is 0 Å². The number of hydrogen-bond donors (Lipinski definition) is 3. The number of aromatic carboxylic acids is 1. The fourth-order valence-corrected chi connectivity index (χ4v) is 13.8. The first-order valence-electron chi connectivity index (χ1n) is 19.6.